The van der Waals surface area contributed by atoms with Crippen molar-refractivity contribution in [2.75, 3.05) is 17.2 Å². The number of nitrogens with zero attached hydrogens (tertiary/aromatic N) is 1. The summed E-state index contributed by atoms with van der Waals surface area (Å²) >= 11 is 0. The Hall–Kier alpha value is -2.08. The van der Waals surface area contributed by atoms with Crippen molar-refractivity contribution in [3.63, 3.8) is 0 Å². The van der Waals surface area contributed by atoms with Gasteiger partial charge < -0.3 is 15.8 Å². The molecule has 1 aromatic rings. The van der Waals surface area contributed by atoms with E-state index in [9.17, 15) is 9.59 Å². The van der Waals surface area contributed by atoms with Gasteiger partial charge in [-0.2, -0.15) is 0 Å². The zero-order valence-electron chi connectivity index (χ0n) is 10.8. The normalized spacial score (nSPS) is 18.1. The van der Waals surface area contributed by atoms with Crippen molar-refractivity contribution in [1.29, 1.82) is 0 Å². The van der Waals surface area contributed by atoms with Crippen LogP contribution in [0.25, 0.3) is 0 Å². The number of nitrogens with one attached hydrogen (secondary N) is 1. The van der Waals surface area contributed by atoms with Crippen molar-refractivity contribution >= 4 is 23.3 Å². The minimum Gasteiger partial charge on any atom is -0.399 e. The molecule has 1 atom stereocenters. The molecule has 3 N–H and O–H groups in total. The van der Waals surface area contributed by atoms with Crippen molar-refractivity contribution in [2.24, 2.45) is 0 Å². The highest BCUT2D eigenvalue weighted by atomic mass is 16.5. The molecule has 2 rings (SSSR count). The second-order valence-electron chi connectivity index (χ2n) is 4.40. The number of carbonyl (C=O) groups is 2. The Kier molecular flexibility index (Phi) is 4.01. The van der Waals surface area contributed by atoms with Crippen molar-refractivity contribution in [2.45, 2.75) is 26.0 Å². The summed E-state index contributed by atoms with van der Waals surface area (Å²) in [5.41, 5.74) is 6.65. The quantitative estimate of drug-likeness (QED) is 0.791. The third-order valence-electron chi connectivity index (χ3n) is 2.88. The summed E-state index contributed by atoms with van der Waals surface area (Å²) in [6.07, 6.45) is 1.36. The number of nitrogens with two attached hydrogens (primary N) is 1. The van der Waals surface area contributed by atoms with Crippen LogP contribution in [0.1, 0.15) is 19.8 Å². The molecule has 3 amide bonds. The number of hydrogen-bond acceptors (Lipinski definition) is 4. The summed E-state index contributed by atoms with van der Waals surface area (Å²) in [6.45, 7) is 1.97. The molecule has 1 fully saturated rings. The summed E-state index contributed by atoms with van der Waals surface area (Å²) in [7, 11) is 0. The van der Waals surface area contributed by atoms with Gasteiger partial charge in [-0.15, -0.1) is 0 Å². The second-order valence-corrected chi connectivity index (χ2v) is 4.40. The first kappa shape index (κ1) is 13.4. The fraction of sp³-hybridized carbons (Fsp3) is 0.385. The molecule has 1 saturated heterocycles. The highest BCUT2D eigenvalue weighted by molar-refractivity contribution is 6.13. The van der Waals surface area contributed by atoms with Crippen LogP contribution in [0.4, 0.5) is 16.2 Å². The summed E-state index contributed by atoms with van der Waals surface area (Å²) in [6, 6.07) is 6.07. The first-order valence-corrected chi connectivity index (χ1v) is 6.16. The van der Waals surface area contributed by atoms with Crippen LogP contribution >= 0.6 is 0 Å². The highest BCUT2D eigenvalue weighted by Gasteiger charge is 2.24. The van der Waals surface area contributed by atoms with E-state index >= 15 is 0 Å². The van der Waals surface area contributed by atoms with E-state index in [1.165, 1.54) is 6.92 Å². The van der Waals surface area contributed by atoms with Gasteiger partial charge in [-0.1, -0.05) is 0 Å². The number of imide groups is 1. The molecular formula is C13H17N3O3. The van der Waals surface area contributed by atoms with E-state index in [2.05, 4.69) is 5.32 Å². The maximum absolute atomic E-state index is 12.1. The number of rotatable bonds is 2. The van der Waals surface area contributed by atoms with E-state index in [1.54, 1.807) is 24.3 Å². The number of benzene rings is 1. The zero-order chi connectivity index (χ0) is 13.8. The Balaban J connectivity index is 2.12. The smallest absolute Gasteiger partial charge is 0.330 e. The molecular weight excluding hydrogens is 246 g/mol. The topological polar surface area (TPSA) is 84.7 Å². The monoisotopic (exact) mass is 263 g/mol. The molecule has 1 aliphatic heterocycles. The zero-order valence-corrected chi connectivity index (χ0v) is 10.8. The first-order chi connectivity index (χ1) is 9.08. The fourth-order valence-electron chi connectivity index (χ4n) is 1.96. The van der Waals surface area contributed by atoms with Crippen molar-refractivity contribution in [3.05, 3.63) is 24.3 Å². The third kappa shape index (κ3) is 3.23. The number of amides is 3. The predicted molar refractivity (Wildman–Crippen MR) is 71.5 cm³/mol. The summed E-state index contributed by atoms with van der Waals surface area (Å²) in [4.78, 5) is 24.8. The fourth-order valence-corrected chi connectivity index (χ4v) is 1.96. The molecule has 0 bridgehead atoms. The molecule has 1 unspecified atom stereocenters. The highest BCUT2D eigenvalue weighted by Crippen LogP contribution is 2.18. The minimum atomic E-state index is -0.482. The van der Waals surface area contributed by atoms with Crippen LogP contribution in [0.15, 0.2) is 24.3 Å². The number of anilines is 2. The summed E-state index contributed by atoms with van der Waals surface area (Å²) in [5, 5.41) is 2.69. The van der Waals surface area contributed by atoms with Gasteiger partial charge in [0.2, 0.25) is 5.91 Å². The molecule has 0 radical (unpaired) electrons. The molecule has 6 heteroatoms. The van der Waals surface area contributed by atoms with Gasteiger partial charge >= 0.3 is 6.03 Å². The van der Waals surface area contributed by atoms with Crippen LogP contribution in [-0.4, -0.2) is 24.8 Å². The molecule has 102 valence electrons. The van der Waals surface area contributed by atoms with Crippen molar-refractivity contribution in [3.8, 4) is 0 Å². The molecule has 1 aliphatic rings. The number of hydrogen-bond donors (Lipinski definition) is 2. The molecule has 0 spiro atoms. The number of carbonyl (C=O) groups excluding carboxylic acids is 2. The van der Waals surface area contributed by atoms with Gasteiger partial charge in [0.15, 0.2) is 0 Å². The minimum absolute atomic E-state index is 0.317. The van der Waals surface area contributed by atoms with E-state index in [0.29, 0.717) is 18.0 Å². The number of ether oxygens (including phenoxy) is 1. The second kappa shape index (κ2) is 5.71. The molecule has 0 saturated carbocycles. The molecule has 0 aromatic heterocycles. The van der Waals surface area contributed by atoms with E-state index in [4.69, 9.17) is 10.5 Å². The van der Waals surface area contributed by atoms with Crippen molar-refractivity contribution in [1.82, 2.24) is 5.32 Å². The van der Waals surface area contributed by atoms with Crippen LogP contribution in [-0.2, 0) is 9.53 Å². The number of urea groups is 1. The maximum Gasteiger partial charge on any atom is 0.330 e. The van der Waals surface area contributed by atoms with E-state index in [0.717, 1.165) is 17.7 Å². The van der Waals surface area contributed by atoms with Crippen molar-refractivity contribution < 1.29 is 14.3 Å². The maximum atomic E-state index is 12.1. The van der Waals surface area contributed by atoms with Gasteiger partial charge in [0, 0.05) is 19.2 Å². The van der Waals surface area contributed by atoms with Gasteiger partial charge in [0.25, 0.3) is 0 Å². The van der Waals surface area contributed by atoms with Gasteiger partial charge in [-0.05, 0) is 37.1 Å². The predicted octanol–water partition coefficient (Wildman–Crippen LogP) is 1.47. The Bertz CT molecular complexity index is 467. The number of nitrogen functional groups attached to an aromatic ring is 1. The Morgan fingerprint density at radius 1 is 1.37 bits per heavy atom. The molecule has 6 nitrogen and oxygen atoms in total. The standard InChI is InChI=1S/C13H17N3O3/c1-9(17)16(11-6-4-10(14)5-7-11)13(18)15-12-3-2-8-19-12/h4-7,12H,2-3,8,14H2,1H3,(H,15,18). The largest absolute Gasteiger partial charge is 0.399 e. The Morgan fingerprint density at radius 3 is 2.58 bits per heavy atom. The lowest BCUT2D eigenvalue weighted by Gasteiger charge is -2.22. The van der Waals surface area contributed by atoms with Crippen LogP contribution in [0.3, 0.4) is 0 Å². The third-order valence-corrected chi connectivity index (χ3v) is 2.88. The van der Waals surface area contributed by atoms with Crippen LogP contribution < -0.4 is 16.0 Å². The molecule has 1 heterocycles. The lowest BCUT2D eigenvalue weighted by Crippen LogP contribution is -2.47. The van der Waals surface area contributed by atoms with E-state index in [1.807, 2.05) is 0 Å². The Morgan fingerprint density at radius 2 is 2.05 bits per heavy atom. The lowest BCUT2D eigenvalue weighted by molar-refractivity contribution is -0.115. The van der Waals surface area contributed by atoms with Gasteiger partial charge in [-0.3, -0.25) is 4.79 Å². The summed E-state index contributed by atoms with van der Waals surface area (Å²) in [5.74, 6) is -0.361. The van der Waals surface area contributed by atoms with E-state index in [-0.39, 0.29) is 12.1 Å². The van der Waals surface area contributed by atoms with Gasteiger partial charge in [-0.25, -0.2) is 9.69 Å². The Labute approximate surface area is 111 Å². The molecule has 0 aliphatic carbocycles. The summed E-state index contributed by atoms with van der Waals surface area (Å²) < 4.78 is 5.32. The lowest BCUT2D eigenvalue weighted by atomic mass is 10.2. The average Bonchev–Trinajstić information content (AvgIpc) is 2.84. The van der Waals surface area contributed by atoms with Crippen LogP contribution in [0.5, 0.6) is 0 Å². The van der Waals surface area contributed by atoms with Crippen LogP contribution in [0, 0.1) is 0 Å². The van der Waals surface area contributed by atoms with Crippen LogP contribution in [0.2, 0.25) is 0 Å². The molecule has 1 aromatic carbocycles. The van der Waals surface area contributed by atoms with Gasteiger partial charge in [0.05, 0.1) is 5.69 Å². The SMILES string of the molecule is CC(=O)N(C(=O)NC1CCCO1)c1ccc(N)cc1. The molecule has 19 heavy (non-hydrogen) atoms. The first-order valence-electron chi connectivity index (χ1n) is 6.16. The average molecular weight is 263 g/mol. The van der Waals surface area contributed by atoms with Gasteiger partial charge in [0.1, 0.15) is 6.23 Å². The van der Waals surface area contributed by atoms with E-state index < -0.39 is 6.03 Å².